The van der Waals surface area contributed by atoms with Crippen LogP contribution in [0.3, 0.4) is 0 Å². The fourth-order valence-electron chi connectivity index (χ4n) is 0.602. The topological polar surface area (TPSA) is 143 Å². The first-order valence-corrected chi connectivity index (χ1v) is 7.36. The monoisotopic (exact) mass is 425 g/mol. The van der Waals surface area contributed by atoms with Gasteiger partial charge in [0.05, 0.1) is 0 Å². The molecule has 0 amide bonds. The van der Waals surface area contributed by atoms with Crippen LogP contribution in [0.2, 0.25) is 0 Å². The van der Waals surface area contributed by atoms with Gasteiger partial charge in [0.2, 0.25) is 0 Å². The average molecular weight is 425 g/mol. The Labute approximate surface area is 170 Å². The number of allylic oxidation sites excluding steroid dienone is 2. The molecular weight excluding hydrogens is 397 g/mol. The van der Waals surface area contributed by atoms with Crippen LogP contribution in [0.15, 0.2) is 63.4 Å². The third kappa shape index (κ3) is 25.5. The summed E-state index contributed by atoms with van der Waals surface area (Å²) < 4.78 is 0. The molecule has 0 saturated carbocycles. The molecule has 0 fully saturated rings. The van der Waals surface area contributed by atoms with Crippen LogP contribution in [-0.4, -0.2) is 48.7 Å². The summed E-state index contributed by atoms with van der Waals surface area (Å²) in [6.07, 6.45) is 7.14. The van der Waals surface area contributed by atoms with Gasteiger partial charge < -0.3 is 20.8 Å². The van der Waals surface area contributed by atoms with Gasteiger partial charge in [-0.05, 0) is 39.8 Å². The maximum absolute atomic E-state index is 8.03. The SMILES string of the molecule is CC(=N/O)/C(C)=N/O.CC(=N\O)/C(C)=N/O.[CH2-]/C=C/C.[Co].c1ccncc1. The molecule has 4 N–H and O–H groups in total. The Balaban J connectivity index is -0.000000133. The van der Waals surface area contributed by atoms with Gasteiger partial charge >= 0.3 is 0 Å². The number of pyridine rings is 1. The molecule has 0 bridgehead atoms. The van der Waals surface area contributed by atoms with Gasteiger partial charge in [0.25, 0.3) is 0 Å². The number of hydrogen-bond acceptors (Lipinski definition) is 9. The summed E-state index contributed by atoms with van der Waals surface area (Å²) in [5, 5.41) is 43.3. The van der Waals surface area contributed by atoms with Gasteiger partial charge in [-0.3, -0.25) is 4.98 Å². The summed E-state index contributed by atoms with van der Waals surface area (Å²) in [4.78, 5) is 3.78. The van der Waals surface area contributed by atoms with Gasteiger partial charge in [0, 0.05) is 29.2 Å². The molecule has 0 unspecified atom stereocenters. The van der Waals surface area contributed by atoms with Crippen molar-refractivity contribution >= 4 is 22.8 Å². The molecule has 0 spiro atoms. The van der Waals surface area contributed by atoms with E-state index in [2.05, 4.69) is 32.5 Å². The van der Waals surface area contributed by atoms with E-state index in [9.17, 15) is 0 Å². The standard InChI is InChI=1S/C5H5N.2C4H8N2O2.C4H7.Co/c1-2-4-6-5-3-1;2*1-3(5-7)4(2)6-8;1-3-4-2;/h1-5H;2*7-8H,1-2H3;3-4H,1H2,2H3;/q;;;-1;/b;5-3+,6-4+;5-3-,6-4+;4-3+;. The minimum Gasteiger partial charge on any atom is -0.411 e. The van der Waals surface area contributed by atoms with Crippen LogP contribution >= 0.6 is 0 Å². The Morgan fingerprint density at radius 1 is 0.741 bits per heavy atom. The molecule has 0 aliphatic carbocycles. The zero-order valence-electron chi connectivity index (χ0n) is 16.1. The Hall–Kier alpha value is -2.85. The van der Waals surface area contributed by atoms with Gasteiger partial charge in [0.15, 0.2) is 0 Å². The number of oxime groups is 4. The van der Waals surface area contributed by atoms with Crippen molar-refractivity contribution in [2.24, 2.45) is 20.6 Å². The zero-order chi connectivity index (χ0) is 20.8. The smallest absolute Gasteiger partial charge is 0.101 e. The number of rotatable bonds is 2. The van der Waals surface area contributed by atoms with E-state index < -0.39 is 0 Å². The molecule has 0 aliphatic rings. The van der Waals surface area contributed by atoms with Gasteiger partial charge in [-0.1, -0.05) is 26.7 Å². The third-order valence-corrected chi connectivity index (χ3v) is 2.45. The van der Waals surface area contributed by atoms with Crippen molar-refractivity contribution in [3.63, 3.8) is 0 Å². The molecule has 1 aromatic rings. The molecule has 1 rings (SSSR count). The van der Waals surface area contributed by atoms with Crippen LogP contribution in [0.25, 0.3) is 0 Å². The van der Waals surface area contributed by atoms with Gasteiger partial charge in [-0.25, -0.2) is 19.1 Å². The van der Waals surface area contributed by atoms with Crippen molar-refractivity contribution in [3.05, 3.63) is 49.7 Å². The van der Waals surface area contributed by atoms with Crippen molar-refractivity contribution in [2.75, 3.05) is 0 Å². The van der Waals surface area contributed by atoms with Crippen molar-refractivity contribution in [3.8, 4) is 0 Å². The van der Waals surface area contributed by atoms with E-state index in [0.717, 1.165) is 0 Å². The van der Waals surface area contributed by atoms with Crippen molar-refractivity contribution in [2.45, 2.75) is 34.6 Å². The van der Waals surface area contributed by atoms with Gasteiger partial charge in [-0.2, -0.15) is 0 Å². The van der Waals surface area contributed by atoms with Crippen molar-refractivity contribution in [1.82, 2.24) is 4.98 Å². The summed E-state index contributed by atoms with van der Waals surface area (Å²) in [6.45, 7) is 11.5. The summed E-state index contributed by atoms with van der Waals surface area (Å²) in [6, 6.07) is 5.72. The third-order valence-electron chi connectivity index (χ3n) is 2.45. The normalized spacial score (nSPS) is 11.6. The zero-order valence-corrected chi connectivity index (χ0v) is 17.1. The largest absolute Gasteiger partial charge is 0.411 e. The van der Waals surface area contributed by atoms with Crippen molar-refractivity contribution in [1.29, 1.82) is 0 Å². The molecule has 0 saturated heterocycles. The molecular formula is C17H28CoN5O4-. The fourth-order valence-corrected chi connectivity index (χ4v) is 0.602. The summed E-state index contributed by atoms with van der Waals surface area (Å²) in [5.41, 5.74) is 1.25. The minimum atomic E-state index is 0. The minimum absolute atomic E-state index is 0. The number of aromatic nitrogens is 1. The predicted octanol–water partition coefficient (Wildman–Crippen LogP) is 3.85. The van der Waals surface area contributed by atoms with E-state index in [1.165, 1.54) is 27.7 Å². The van der Waals surface area contributed by atoms with Crippen LogP contribution < -0.4 is 0 Å². The Morgan fingerprint density at radius 2 is 1.00 bits per heavy atom. The Morgan fingerprint density at radius 3 is 1.07 bits per heavy atom. The molecule has 0 atom stereocenters. The Bertz CT molecular complexity index is 494. The van der Waals surface area contributed by atoms with E-state index in [-0.39, 0.29) is 16.8 Å². The van der Waals surface area contributed by atoms with Crippen molar-refractivity contribution < 1.29 is 37.6 Å². The molecule has 1 heterocycles. The quantitative estimate of drug-likeness (QED) is 0.246. The summed E-state index contributed by atoms with van der Waals surface area (Å²) >= 11 is 0. The number of nitrogens with zero attached hydrogens (tertiary/aromatic N) is 5. The van der Waals surface area contributed by atoms with Crippen LogP contribution in [0.1, 0.15) is 34.6 Å². The first-order chi connectivity index (χ1) is 12.4. The molecule has 1 radical (unpaired) electrons. The maximum Gasteiger partial charge on any atom is 0.101 e. The van der Waals surface area contributed by atoms with E-state index in [0.29, 0.717) is 22.8 Å². The first kappa shape index (κ1) is 31.9. The molecule has 9 nitrogen and oxygen atoms in total. The predicted molar refractivity (Wildman–Crippen MR) is 104 cm³/mol. The second-order valence-electron chi connectivity index (χ2n) is 4.34. The van der Waals surface area contributed by atoms with E-state index in [1.54, 1.807) is 18.5 Å². The van der Waals surface area contributed by atoms with Crippen LogP contribution in [0.5, 0.6) is 0 Å². The van der Waals surface area contributed by atoms with E-state index in [1.807, 2.05) is 31.2 Å². The van der Waals surface area contributed by atoms with Crippen LogP contribution in [0, 0.1) is 6.92 Å². The van der Waals surface area contributed by atoms with Crippen LogP contribution in [-0.2, 0) is 16.8 Å². The summed E-state index contributed by atoms with van der Waals surface area (Å²) in [5.74, 6) is 0. The molecule has 27 heavy (non-hydrogen) atoms. The second-order valence-corrected chi connectivity index (χ2v) is 4.34. The maximum atomic E-state index is 8.03. The van der Waals surface area contributed by atoms with Gasteiger partial charge in [-0.15, -0.1) is 6.92 Å². The van der Waals surface area contributed by atoms with E-state index >= 15 is 0 Å². The molecule has 155 valence electrons. The molecule has 0 aliphatic heterocycles. The molecule has 0 aromatic carbocycles. The number of hydrogen-bond donors (Lipinski definition) is 4. The molecule has 1 aromatic heterocycles. The fraction of sp³-hybridized carbons (Fsp3) is 0.294. The molecule has 10 heteroatoms. The summed E-state index contributed by atoms with van der Waals surface area (Å²) in [7, 11) is 0. The van der Waals surface area contributed by atoms with E-state index in [4.69, 9.17) is 20.8 Å². The first-order valence-electron chi connectivity index (χ1n) is 7.36. The van der Waals surface area contributed by atoms with Crippen LogP contribution in [0.4, 0.5) is 0 Å². The second kappa shape index (κ2) is 25.4. The van der Waals surface area contributed by atoms with Gasteiger partial charge in [0.1, 0.15) is 22.8 Å². The Kier molecular flexibility index (Phi) is 30.0. The average Bonchev–Trinajstić information content (AvgIpc) is 2.73.